The van der Waals surface area contributed by atoms with E-state index in [1.54, 1.807) is 12.1 Å². The number of likely N-dealkylation sites (tertiary alicyclic amines) is 2. The molecule has 0 unspecified atom stereocenters. The van der Waals surface area contributed by atoms with Crippen LogP contribution in [0.3, 0.4) is 0 Å². The van der Waals surface area contributed by atoms with Crippen molar-refractivity contribution in [2.24, 2.45) is 0 Å². The van der Waals surface area contributed by atoms with E-state index in [4.69, 9.17) is 47.4 Å². The summed E-state index contributed by atoms with van der Waals surface area (Å²) in [7, 11) is 7.85. The minimum atomic E-state index is -1.37. The molecule has 4 aliphatic heterocycles. The number of carbonyl (C=O) groups excluding carboxylic acids is 10. The van der Waals surface area contributed by atoms with Crippen molar-refractivity contribution in [2.45, 2.75) is 62.8 Å². The summed E-state index contributed by atoms with van der Waals surface area (Å²) in [6.45, 7) is 4.93. The van der Waals surface area contributed by atoms with E-state index < -0.39 is 96.3 Å². The molecule has 0 spiro atoms. The average molecular weight is 1480 g/mol. The van der Waals surface area contributed by atoms with E-state index in [0.29, 0.717) is 91.6 Å². The first-order valence-electron chi connectivity index (χ1n) is 35.2. The molecule has 0 saturated carbocycles. The van der Waals surface area contributed by atoms with Crippen LogP contribution in [0.4, 0.5) is 9.59 Å². The molecule has 4 aromatic rings. The van der Waals surface area contributed by atoms with Crippen molar-refractivity contribution >= 4 is 59.9 Å². The number of ether oxygens (including phenoxy) is 10. The summed E-state index contributed by atoms with van der Waals surface area (Å²) in [6.07, 6.45) is -4.11. The minimum absolute atomic E-state index is 0.0119. The maximum Gasteiger partial charge on any atom is 0.410 e. The third kappa shape index (κ3) is 27.3. The van der Waals surface area contributed by atoms with Crippen LogP contribution in [0, 0.1) is 0 Å². The normalized spacial score (nSPS) is 21.1. The Hall–Kier alpha value is -9.22. The van der Waals surface area contributed by atoms with Crippen LogP contribution in [0.25, 0.3) is 0 Å². The third-order valence-electron chi connectivity index (χ3n) is 18.8. The first-order chi connectivity index (χ1) is 51.2. The molecule has 4 aliphatic rings. The van der Waals surface area contributed by atoms with Crippen LogP contribution < -0.4 is 0 Å². The molecular formula is C74H102N10O22. The third-order valence-corrected chi connectivity index (χ3v) is 18.8. The molecule has 580 valence electrons. The van der Waals surface area contributed by atoms with Crippen molar-refractivity contribution in [1.29, 1.82) is 0 Å². The topological polar surface area (TPSA) is 336 Å². The summed E-state index contributed by atoms with van der Waals surface area (Å²) in [5, 5.41) is 23.5. The van der Waals surface area contributed by atoms with Gasteiger partial charge in [-0.15, -0.1) is 0 Å². The largest absolute Gasteiger partial charge is 0.468 e. The zero-order valence-corrected chi connectivity index (χ0v) is 61.3. The van der Waals surface area contributed by atoms with Gasteiger partial charge in [0.15, 0.2) is 12.1 Å². The first-order valence-corrected chi connectivity index (χ1v) is 35.2. The summed E-state index contributed by atoms with van der Waals surface area (Å²) in [6, 6.07) is 32.2. The van der Waals surface area contributed by atoms with Gasteiger partial charge in [-0.25, -0.2) is 19.2 Å². The Labute approximate surface area is 618 Å². The lowest BCUT2D eigenvalue weighted by atomic mass is 10.0. The van der Waals surface area contributed by atoms with E-state index in [1.807, 2.05) is 148 Å². The van der Waals surface area contributed by atoms with Crippen molar-refractivity contribution < 1.29 is 106 Å². The Morgan fingerprint density at radius 3 is 0.849 bits per heavy atom. The van der Waals surface area contributed by atoms with E-state index in [2.05, 4.69) is 0 Å². The molecule has 2 N–H and O–H groups in total. The summed E-state index contributed by atoms with van der Waals surface area (Å²) >= 11 is 0. The van der Waals surface area contributed by atoms with Gasteiger partial charge >= 0.3 is 59.9 Å². The zero-order chi connectivity index (χ0) is 76.3. The fourth-order valence-corrected chi connectivity index (χ4v) is 12.7. The van der Waals surface area contributed by atoms with Gasteiger partial charge in [0.05, 0.1) is 107 Å². The number of rotatable bonds is 24. The Bertz CT molecular complexity index is 3290. The van der Waals surface area contributed by atoms with Crippen LogP contribution in [-0.4, -0.2) is 355 Å². The van der Waals surface area contributed by atoms with Gasteiger partial charge in [0, 0.05) is 111 Å². The number of nitrogens with zero attached hydrogens (tertiary/aromatic N) is 10. The first kappa shape index (κ1) is 84.0. The van der Waals surface area contributed by atoms with Gasteiger partial charge in [0.2, 0.25) is 0 Å². The molecule has 0 bridgehead atoms. The monoisotopic (exact) mass is 1480 g/mol. The highest BCUT2D eigenvalue weighted by Gasteiger charge is 2.53. The molecule has 4 aromatic carbocycles. The number of amides is 2. The summed E-state index contributed by atoms with van der Waals surface area (Å²) in [4.78, 5) is 147. The van der Waals surface area contributed by atoms with E-state index in [-0.39, 0.29) is 91.9 Å². The van der Waals surface area contributed by atoms with Crippen molar-refractivity contribution in [2.75, 3.05) is 200 Å². The number of carbonyl (C=O) groups is 10. The summed E-state index contributed by atoms with van der Waals surface area (Å²) in [5.41, 5.74) is 3.00. The Balaban J connectivity index is 0.000000296. The number of hydrogen-bond acceptors (Lipinski definition) is 30. The van der Waals surface area contributed by atoms with Gasteiger partial charge in [0.25, 0.3) is 0 Å². The van der Waals surface area contributed by atoms with Crippen molar-refractivity contribution in [1.82, 2.24) is 49.0 Å². The summed E-state index contributed by atoms with van der Waals surface area (Å²) < 4.78 is 52.3. The van der Waals surface area contributed by atoms with Crippen molar-refractivity contribution in [3.8, 4) is 0 Å². The Morgan fingerprint density at radius 2 is 0.566 bits per heavy atom. The molecule has 6 atom stereocenters. The van der Waals surface area contributed by atoms with Crippen LogP contribution in [-0.2, 0) is 112 Å². The molecule has 0 aliphatic carbocycles. The molecule has 106 heavy (non-hydrogen) atoms. The molecule has 4 heterocycles. The second kappa shape index (κ2) is 44.7. The lowest BCUT2D eigenvalue weighted by molar-refractivity contribution is -0.153. The molecule has 32 nitrogen and oxygen atoms in total. The van der Waals surface area contributed by atoms with E-state index in [1.165, 1.54) is 52.5 Å². The highest BCUT2D eigenvalue weighted by Crippen LogP contribution is 2.29. The number of methoxy groups -OCH3 is 6. The number of β-amino-alcohol motifs (C(OH)–C–C–N with tert-alkyl or cyclic N) is 1. The van der Waals surface area contributed by atoms with Gasteiger partial charge in [-0.2, -0.15) is 0 Å². The van der Waals surface area contributed by atoms with Crippen LogP contribution in [0.2, 0.25) is 0 Å². The SMILES string of the molecule is COC(=O)CN1CCN(CC(=O)OC)CCN([C@@H]2CN(C(=O)OCc3ccccc3)[C@H](C(=O)OCc3ccccc3)[C@H]2O)CCN(CC(=O)OC)CC1.COC(=O)CN1CCN(CC(=O)OC)CCN([C@H]2[C@@H](C(=O)OCc3ccccc3)N(C(=O)OCc3ccccc3)C[C@@H]2O)CCN(CC(=O)OC)CC1. The Kier molecular flexibility index (Phi) is 35.4. The quantitative estimate of drug-likeness (QED) is 0.0710. The standard InChI is InChI=1S/2C37H51N5O11/c1-49-31(43)23-38-14-16-39(24-32(44)50-2)18-20-41(21-19-40(17-15-38)25-33(45)51-3)30-22-42(37(48)53-27-29-12-8-5-9-13-29)34(35(30)46)36(47)52-26-28-10-6-4-7-11-28;1-49-31(44)23-38-14-16-39(24-32(45)50-2)18-20-41(21-19-40(17-15-38)25-33(46)51-3)34-30(43)22-42(37(48)53-27-29-12-8-5-9-13-29)35(34)36(47)52-26-28-10-6-4-7-11-28/h4-13,30,34-35,46H,14-27H2,1-3H3;4-13,30,34-35,43H,14-27H2,1-3H3/t30-,34+,35+;30-,34+,35-/m10/s1. The number of aliphatic hydroxyl groups excluding tert-OH is 2. The van der Waals surface area contributed by atoms with Gasteiger partial charge in [-0.1, -0.05) is 121 Å². The minimum Gasteiger partial charge on any atom is -0.468 e. The van der Waals surface area contributed by atoms with Gasteiger partial charge in [-0.3, -0.25) is 77.8 Å². The Morgan fingerprint density at radius 1 is 0.321 bits per heavy atom. The van der Waals surface area contributed by atoms with Gasteiger partial charge in [-0.05, 0) is 22.3 Å². The number of benzene rings is 4. The van der Waals surface area contributed by atoms with Crippen molar-refractivity contribution in [3.05, 3.63) is 144 Å². The molecule has 4 saturated heterocycles. The smallest absolute Gasteiger partial charge is 0.410 e. The number of aliphatic hydroxyl groups is 2. The molecule has 2 amide bonds. The predicted molar refractivity (Wildman–Crippen MR) is 380 cm³/mol. The molecular weight excluding hydrogens is 1380 g/mol. The zero-order valence-electron chi connectivity index (χ0n) is 61.3. The lowest BCUT2D eigenvalue weighted by Crippen LogP contribution is -2.57. The summed E-state index contributed by atoms with van der Waals surface area (Å²) in [5.74, 6) is -4.12. The molecule has 4 fully saturated rings. The predicted octanol–water partition coefficient (Wildman–Crippen LogP) is 0.442. The molecule has 32 heteroatoms. The second-order valence-corrected chi connectivity index (χ2v) is 25.8. The average Bonchev–Trinajstić information content (AvgIpc) is 1.64. The van der Waals surface area contributed by atoms with E-state index in [0.717, 1.165) is 22.3 Å². The van der Waals surface area contributed by atoms with Gasteiger partial charge < -0.3 is 57.6 Å². The van der Waals surface area contributed by atoms with Crippen LogP contribution in [0.1, 0.15) is 22.3 Å². The maximum atomic E-state index is 14.0. The maximum absolute atomic E-state index is 14.0. The van der Waals surface area contributed by atoms with Crippen molar-refractivity contribution in [3.63, 3.8) is 0 Å². The van der Waals surface area contributed by atoms with Gasteiger partial charge in [0.1, 0.15) is 32.5 Å². The van der Waals surface area contributed by atoms with Crippen LogP contribution >= 0.6 is 0 Å². The number of hydrogen-bond donors (Lipinski definition) is 2. The molecule has 0 radical (unpaired) electrons. The number of esters is 8. The molecule has 0 aromatic heterocycles. The van der Waals surface area contributed by atoms with E-state index >= 15 is 0 Å². The van der Waals surface area contributed by atoms with Crippen LogP contribution in [0.5, 0.6) is 0 Å². The fraction of sp³-hybridized carbons (Fsp3) is 0.541. The lowest BCUT2D eigenvalue weighted by Gasteiger charge is -2.38. The van der Waals surface area contributed by atoms with E-state index in [9.17, 15) is 58.2 Å². The second-order valence-electron chi connectivity index (χ2n) is 25.8. The molecule has 8 rings (SSSR count). The van der Waals surface area contributed by atoms with Crippen LogP contribution in [0.15, 0.2) is 121 Å². The highest BCUT2D eigenvalue weighted by molar-refractivity contribution is 5.84. The highest BCUT2D eigenvalue weighted by atomic mass is 16.6. The fourth-order valence-electron chi connectivity index (χ4n) is 12.7.